The highest BCUT2D eigenvalue weighted by Gasteiger charge is 2.19. The van der Waals surface area contributed by atoms with Gasteiger partial charge in [-0.1, -0.05) is 40.2 Å². The van der Waals surface area contributed by atoms with Crippen LogP contribution >= 0.6 is 0 Å². The van der Waals surface area contributed by atoms with Crippen molar-refractivity contribution in [3.63, 3.8) is 0 Å². The molecular formula is C16H21NO3. The normalized spacial score (nSPS) is 12.0. The van der Waals surface area contributed by atoms with Crippen molar-refractivity contribution in [2.24, 2.45) is 0 Å². The van der Waals surface area contributed by atoms with Crippen molar-refractivity contribution in [3.05, 3.63) is 34.3 Å². The molecule has 20 heavy (non-hydrogen) atoms. The average molecular weight is 275 g/mol. The third-order valence-corrected chi connectivity index (χ3v) is 3.44. The summed E-state index contributed by atoms with van der Waals surface area (Å²) in [5, 5.41) is 0. The molecule has 1 heterocycles. The molecule has 0 spiro atoms. The molecule has 0 unspecified atom stereocenters. The van der Waals surface area contributed by atoms with Gasteiger partial charge in [0.15, 0.2) is 5.58 Å². The van der Waals surface area contributed by atoms with E-state index >= 15 is 0 Å². The molecule has 0 radical (unpaired) electrons. The van der Waals surface area contributed by atoms with Crippen molar-refractivity contribution < 1.29 is 9.21 Å². The van der Waals surface area contributed by atoms with E-state index in [2.05, 4.69) is 20.8 Å². The molecule has 108 valence electrons. The molecule has 0 amide bonds. The number of unbranched alkanes of at least 4 members (excludes halogenated alkanes) is 1. The summed E-state index contributed by atoms with van der Waals surface area (Å²) >= 11 is 0. The summed E-state index contributed by atoms with van der Waals surface area (Å²) in [6.07, 6.45) is 2.06. The van der Waals surface area contributed by atoms with Gasteiger partial charge in [0.2, 0.25) is 5.91 Å². The zero-order valence-electron chi connectivity index (χ0n) is 12.5. The summed E-state index contributed by atoms with van der Waals surface area (Å²) in [7, 11) is 0. The van der Waals surface area contributed by atoms with Crippen LogP contribution in [0.1, 0.15) is 57.3 Å². The molecule has 0 aliphatic rings. The number of fused-ring (bicyclic) bond motifs is 1. The van der Waals surface area contributed by atoms with Crippen molar-refractivity contribution in [2.75, 3.05) is 0 Å². The first kappa shape index (κ1) is 14.6. The molecule has 0 atom stereocenters. The molecule has 0 saturated carbocycles. The Balaban J connectivity index is 2.56. The van der Waals surface area contributed by atoms with Gasteiger partial charge < -0.3 is 4.42 Å². The molecule has 0 fully saturated rings. The van der Waals surface area contributed by atoms with Crippen molar-refractivity contribution in [3.8, 4) is 0 Å². The predicted molar refractivity (Wildman–Crippen MR) is 79.3 cm³/mol. The number of hydrogen-bond acceptors (Lipinski definition) is 3. The molecule has 0 aliphatic heterocycles. The lowest BCUT2D eigenvalue weighted by Gasteiger charge is -2.18. The smallest absolute Gasteiger partial charge is 0.407 e. The molecule has 2 aromatic rings. The average Bonchev–Trinajstić information content (AvgIpc) is 2.69. The summed E-state index contributed by atoms with van der Waals surface area (Å²) < 4.78 is 6.32. The summed E-state index contributed by atoms with van der Waals surface area (Å²) in [5.74, 6) is -0.783. The summed E-state index contributed by atoms with van der Waals surface area (Å²) in [6, 6.07) is 5.58. The molecule has 0 N–H and O–H groups in total. The van der Waals surface area contributed by atoms with Gasteiger partial charge in [0.25, 0.3) is 0 Å². The molecule has 4 heteroatoms. The van der Waals surface area contributed by atoms with E-state index in [0.29, 0.717) is 17.5 Å². The van der Waals surface area contributed by atoms with Gasteiger partial charge in [-0.15, -0.1) is 0 Å². The van der Waals surface area contributed by atoms with Crippen LogP contribution in [0.25, 0.3) is 11.1 Å². The Bertz CT molecular complexity index is 686. The van der Waals surface area contributed by atoms with Crippen LogP contribution in [0, 0.1) is 0 Å². The topological polar surface area (TPSA) is 52.2 Å². The molecule has 4 nitrogen and oxygen atoms in total. The quantitative estimate of drug-likeness (QED) is 0.857. The van der Waals surface area contributed by atoms with Crippen LogP contribution in [0.5, 0.6) is 0 Å². The van der Waals surface area contributed by atoms with Gasteiger partial charge >= 0.3 is 5.76 Å². The van der Waals surface area contributed by atoms with Gasteiger partial charge in [-0.25, -0.2) is 9.36 Å². The van der Waals surface area contributed by atoms with E-state index in [-0.39, 0.29) is 11.3 Å². The maximum absolute atomic E-state index is 12.2. The lowest BCUT2D eigenvalue weighted by atomic mass is 9.87. The van der Waals surface area contributed by atoms with Gasteiger partial charge in [-0.3, -0.25) is 4.79 Å². The van der Waals surface area contributed by atoms with Gasteiger partial charge in [-0.05, 0) is 29.5 Å². The number of nitrogens with zero attached hydrogens (tertiary/aromatic N) is 1. The molecule has 0 aliphatic carbocycles. The maximum atomic E-state index is 12.2. The van der Waals surface area contributed by atoms with Crippen LogP contribution in [0.3, 0.4) is 0 Å². The number of oxazole rings is 1. The number of carbonyl (C=O) groups is 1. The van der Waals surface area contributed by atoms with E-state index in [0.717, 1.165) is 18.4 Å². The molecule has 1 aromatic heterocycles. The molecule has 0 saturated heterocycles. The van der Waals surface area contributed by atoms with Crippen LogP contribution < -0.4 is 5.76 Å². The minimum Gasteiger partial charge on any atom is -0.407 e. The minimum absolute atomic E-state index is 0.0429. The third kappa shape index (κ3) is 2.69. The van der Waals surface area contributed by atoms with E-state index in [9.17, 15) is 9.59 Å². The number of aromatic nitrogens is 1. The van der Waals surface area contributed by atoms with Gasteiger partial charge in [0.05, 0.1) is 5.52 Å². The zero-order valence-corrected chi connectivity index (χ0v) is 12.5. The Morgan fingerprint density at radius 1 is 1.30 bits per heavy atom. The molecule has 2 rings (SSSR count). The highest BCUT2D eigenvalue weighted by molar-refractivity contribution is 5.89. The first-order valence-electron chi connectivity index (χ1n) is 7.04. The third-order valence-electron chi connectivity index (χ3n) is 3.44. The van der Waals surface area contributed by atoms with Gasteiger partial charge in [0.1, 0.15) is 0 Å². The summed E-state index contributed by atoms with van der Waals surface area (Å²) in [4.78, 5) is 24.0. The summed E-state index contributed by atoms with van der Waals surface area (Å²) in [5.41, 5.74) is 2.07. The Labute approximate surface area is 118 Å². The predicted octanol–water partition coefficient (Wildman–Crippen LogP) is 3.72. The van der Waals surface area contributed by atoms with E-state index in [1.807, 2.05) is 19.1 Å². The number of rotatable bonds is 3. The van der Waals surface area contributed by atoms with Crippen molar-refractivity contribution >= 4 is 17.0 Å². The number of carbonyl (C=O) groups excluding carboxylic acids is 1. The van der Waals surface area contributed by atoms with Crippen LogP contribution in [-0.4, -0.2) is 10.5 Å². The van der Waals surface area contributed by atoms with E-state index in [1.165, 1.54) is 4.57 Å². The largest absolute Gasteiger partial charge is 0.426 e. The van der Waals surface area contributed by atoms with Gasteiger partial charge in [0, 0.05) is 6.42 Å². The second-order valence-electron chi connectivity index (χ2n) is 6.13. The van der Waals surface area contributed by atoms with Crippen LogP contribution in [0.15, 0.2) is 27.4 Å². The Kier molecular flexibility index (Phi) is 3.84. The molecule has 1 aromatic carbocycles. The van der Waals surface area contributed by atoms with E-state index in [1.54, 1.807) is 6.07 Å². The van der Waals surface area contributed by atoms with Crippen LogP contribution in [-0.2, 0) is 5.41 Å². The molecule has 0 bridgehead atoms. The zero-order chi connectivity index (χ0) is 14.9. The standard InChI is InChI=1S/C16H21NO3/c1-5-6-7-14(18)17-12-10-11(16(2,3)4)8-9-13(12)20-15(17)19/h8-10H,5-7H2,1-4H3. The van der Waals surface area contributed by atoms with Crippen molar-refractivity contribution in [1.29, 1.82) is 0 Å². The first-order valence-corrected chi connectivity index (χ1v) is 7.04. The van der Waals surface area contributed by atoms with Crippen LogP contribution in [0.4, 0.5) is 0 Å². The minimum atomic E-state index is -0.591. The molecular weight excluding hydrogens is 254 g/mol. The highest BCUT2D eigenvalue weighted by Crippen LogP contribution is 2.25. The SMILES string of the molecule is CCCCC(=O)n1c(=O)oc2ccc(C(C)(C)C)cc21. The monoisotopic (exact) mass is 275 g/mol. The number of hydrogen-bond donors (Lipinski definition) is 0. The second-order valence-corrected chi connectivity index (χ2v) is 6.13. The van der Waals surface area contributed by atoms with Crippen molar-refractivity contribution in [1.82, 2.24) is 4.57 Å². The fraction of sp³-hybridized carbons (Fsp3) is 0.500. The lowest BCUT2D eigenvalue weighted by Crippen LogP contribution is -2.22. The summed E-state index contributed by atoms with van der Waals surface area (Å²) in [6.45, 7) is 8.29. The Morgan fingerprint density at radius 2 is 2.00 bits per heavy atom. The Hall–Kier alpha value is -1.84. The van der Waals surface area contributed by atoms with Crippen molar-refractivity contribution in [2.45, 2.75) is 52.4 Å². The second kappa shape index (κ2) is 5.27. The maximum Gasteiger partial charge on any atom is 0.426 e. The Morgan fingerprint density at radius 3 is 2.60 bits per heavy atom. The number of benzene rings is 1. The first-order chi connectivity index (χ1) is 9.34. The van der Waals surface area contributed by atoms with Crippen LogP contribution in [0.2, 0.25) is 0 Å². The van der Waals surface area contributed by atoms with E-state index < -0.39 is 5.76 Å². The van der Waals surface area contributed by atoms with E-state index in [4.69, 9.17) is 4.42 Å². The fourth-order valence-electron chi connectivity index (χ4n) is 2.16. The highest BCUT2D eigenvalue weighted by atomic mass is 16.4. The lowest BCUT2D eigenvalue weighted by molar-refractivity contribution is 0.0896. The fourth-order valence-corrected chi connectivity index (χ4v) is 2.16. The van der Waals surface area contributed by atoms with Gasteiger partial charge in [-0.2, -0.15) is 0 Å².